The van der Waals surface area contributed by atoms with Crippen molar-refractivity contribution >= 4 is 47.5 Å². The lowest BCUT2D eigenvalue weighted by atomic mass is 9.51. The van der Waals surface area contributed by atoms with Crippen LogP contribution in [0, 0.1) is 5.92 Å². The van der Waals surface area contributed by atoms with Crippen LogP contribution >= 0.6 is 23.2 Å². The zero-order valence-electron chi connectivity index (χ0n) is 19.2. The van der Waals surface area contributed by atoms with Gasteiger partial charge in [0.2, 0.25) is 0 Å². The van der Waals surface area contributed by atoms with E-state index in [-0.39, 0.29) is 59.1 Å². The number of halogens is 2. The highest BCUT2D eigenvalue weighted by Gasteiger charge is 2.70. The Morgan fingerprint density at radius 2 is 1.97 bits per heavy atom. The third kappa shape index (κ3) is 4.30. The van der Waals surface area contributed by atoms with E-state index in [2.05, 4.69) is 19.2 Å². The minimum absolute atomic E-state index is 0.0749. The number of hydrogen-bond acceptors (Lipinski definition) is 5. The molecule has 1 aromatic carbocycles. The van der Waals surface area contributed by atoms with Gasteiger partial charge in [-0.05, 0) is 50.2 Å². The van der Waals surface area contributed by atoms with Crippen LogP contribution in [0.4, 0.5) is 0 Å². The first kappa shape index (κ1) is 25.0. The number of fused-ring (bicyclic) bond motifs is 1. The number of likely N-dealkylation sites (N-methyl/N-ethyl adjacent to an activating group) is 1. The number of quaternary nitrogens is 1. The monoisotopic (exact) mass is 484 g/mol. The fourth-order valence-electron chi connectivity index (χ4n) is 5.29. The molecule has 0 aromatic heterocycles. The van der Waals surface area contributed by atoms with E-state index >= 15 is 0 Å². The maximum atomic E-state index is 12.9. The normalized spacial score (nSPS) is 30.2. The Morgan fingerprint density at radius 3 is 2.62 bits per heavy atom. The molecule has 1 amide bonds. The number of Topliss-reactive ketones (excluding diaryl/α,β-unsaturated/α-hetero) is 1. The molecule has 10 heteroatoms. The Labute approximate surface area is 199 Å². The van der Waals surface area contributed by atoms with E-state index < -0.39 is 12.6 Å². The van der Waals surface area contributed by atoms with Crippen molar-refractivity contribution in [3.63, 3.8) is 0 Å². The zero-order valence-corrected chi connectivity index (χ0v) is 20.7. The molecule has 2 aliphatic heterocycles. The van der Waals surface area contributed by atoms with E-state index in [1.165, 1.54) is 12.1 Å². The summed E-state index contributed by atoms with van der Waals surface area (Å²) in [7, 11) is 1.99. The van der Waals surface area contributed by atoms with E-state index in [4.69, 9.17) is 32.5 Å². The van der Waals surface area contributed by atoms with Crippen molar-refractivity contribution in [2.75, 3.05) is 20.2 Å². The number of nitrogens with zero attached hydrogens (tertiary/aromatic N) is 1. The summed E-state index contributed by atoms with van der Waals surface area (Å²) in [6.07, 6.45) is 0.808. The molecule has 0 bridgehead atoms. The SMILES string of the molecule is CC(C)C[C@H](CC(=O)CNC(=O)c1cc(Cl)ccc1Cl)[B-]12OC[C@H](C)[N+]1(C)[C@@H](C)C(=O)O2. The van der Waals surface area contributed by atoms with Gasteiger partial charge in [0.05, 0.1) is 29.8 Å². The summed E-state index contributed by atoms with van der Waals surface area (Å²) in [5, 5.41) is 3.27. The Morgan fingerprint density at radius 1 is 1.28 bits per heavy atom. The Hall–Kier alpha value is -1.61. The largest absolute Gasteiger partial charge is 0.610 e. The highest BCUT2D eigenvalue weighted by molar-refractivity contribution is 6.65. The molecular formula is C22H31BCl2N2O5. The minimum atomic E-state index is -2.05. The van der Waals surface area contributed by atoms with Gasteiger partial charge in [-0.3, -0.25) is 9.59 Å². The smallest absolute Gasteiger partial charge is 0.531 e. The summed E-state index contributed by atoms with van der Waals surface area (Å²) in [6, 6.07) is 4.30. The summed E-state index contributed by atoms with van der Waals surface area (Å²) in [4.78, 5) is 38.0. The molecule has 0 radical (unpaired) electrons. The van der Waals surface area contributed by atoms with Crippen LogP contribution < -0.4 is 5.32 Å². The number of hydrogen-bond donors (Lipinski definition) is 1. The van der Waals surface area contributed by atoms with Crippen LogP contribution in [0.25, 0.3) is 0 Å². The maximum absolute atomic E-state index is 12.9. The standard InChI is InChI=1S/C22H31BCl2N2O5/c1-13(2)8-16(23-27(5,14(3)12-31-23)15(4)22(30)32-23)9-18(28)11-26-21(29)19-10-17(24)6-7-20(19)25/h6-7,10,13-16H,8-9,11-12H2,1-5H3,(H,26,29)/t14-,15-,16+,23?,27?/m0/s1. The molecule has 0 saturated carbocycles. The second kappa shape index (κ2) is 9.33. The number of amides is 1. The van der Waals surface area contributed by atoms with Gasteiger partial charge in [-0.1, -0.05) is 43.5 Å². The molecule has 176 valence electrons. The van der Waals surface area contributed by atoms with Crippen molar-refractivity contribution in [1.29, 1.82) is 0 Å². The highest BCUT2D eigenvalue weighted by Crippen LogP contribution is 2.50. The Bertz CT molecular complexity index is 930. The van der Waals surface area contributed by atoms with Gasteiger partial charge in [0.1, 0.15) is 11.8 Å². The molecule has 2 heterocycles. The molecule has 2 aliphatic rings. The Kier molecular flexibility index (Phi) is 7.30. The van der Waals surface area contributed by atoms with Crippen molar-refractivity contribution in [2.24, 2.45) is 5.92 Å². The molecule has 2 unspecified atom stereocenters. The third-order valence-electron chi connectivity index (χ3n) is 7.24. The van der Waals surface area contributed by atoms with Gasteiger partial charge in [0.15, 0.2) is 0 Å². The lowest BCUT2D eigenvalue weighted by Gasteiger charge is -2.50. The molecule has 3 rings (SSSR count). The van der Waals surface area contributed by atoms with Gasteiger partial charge in [0.25, 0.3) is 5.91 Å². The molecule has 32 heavy (non-hydrogen) atoms. The lowest BCUT2D eigenvalue weighted by molar-refractivity contribution is -0.844. The molecule has 2 fully saturated rings. The van der Waals surface area contributed by atoms with E-state index in [0.29, 0.717) is 22.4 Å². The van der Waals surface area contributed by atoms with E-state index in [1.54, 1.807) is 6.07 Å². The molecule has 5 atom stereocenters. The first-order valence-electron chi connectivity index (χ1n) is 11.0. The maximum Gasteiger partial charge on any atom is 0.531 e. The molecule has 2 saturated heterocycles. The molecule has 0 spiro atoms. The summed E-state index contributed by atoms with van der Waals surface area (Å²) in [5.41, 5.74) is 0.212. The lowest BCUT2D eigenvalue weighted by Crippen LogP contribution is -2.68. The van der Waals surface area contributed by atoms with Gasteiger partial charge < -0.3 is 19.0 Å². The van der Waals surface area contributed by atoms with Gasteiger partial charge >= 0.3 is 12.7 Å². The fourth-order valence-corrected chi connectivity index (χ4v) is 5.67. The number of carbonyl (C=O) groups excluding carboxylic acids is 3. The highest BCUT2D eigenvalue weighted by atomic mass is 35.5. The molecular weight excluding hydrogens is 454 g/mol. The number of carbonyl (C=O) groups is 3. The molecule has 1 N–H and O–H groups in total. The van der Waals surface area contributed by atoms with Gasteiger partial charge in [-0.2, -0.15) is 0 Å². The topological polar surface area (TPSA) is 81.7 Å². The average molecular weight is 485 g/mol. The fraction of sp³-hybridized carbons (Fsp3) is 0.591. The Balaban J connectivity index is 1.76. The van der Waals surface area contributed by atoms with Crippen LogP contribution in [0.15, 0.2) is 18.2 Å². The minimum Gasteiger partial charge on any atom is -0.610 e. The zero-order chi connectivity index (χ0) is 23.8. The number of nitrogens with one attached hydrogen (secondary N) is 1. The summed E-state index contributed by atoms with van der Waals surface area (Å²) >= 11 is 12.0. The van der Waals surface area contributed by atoms with Crippen LogP contribution in [0.1, 0.15) is 50.9 Å². The number of rotatable bonds is 8. The molecule has 7 nitrogen and oxygen atoms in total. The predicted molar refractivity (Wildman–Crippen MR) is 125 cm³/mol. The molecule has 1 aromatic rings. The van der Waals surface area contributed by atoms with E-state index in [1.807, 2.05) is 20.9 Å². The number of benzene rings is 1. The quantitative estimate of drug-likeness (QED) is 0.566. The van der Waals surface area contributed by atoms with Crippen molar-refractivity contribution in [3.8, 4) is 0 Å². The predicted octanol–water partition coefficient (Wildman–Crippen LogP) is 3.85. The third-order valence-corrected chi connectivity index (χ3v) is 7.81. The second-order valence-corrected chi connectivity index (χ2v) is 10.5. The van der Waals surface area contributed by atoms with Crippen LogP contribution in [-0.2, 0) is 18.9 Å². The van der Waals surface area contributed by atoms with Gasteiger partial charge in [-0.15, -0.1) is 0 Å². The van der Waals surface area contributed by atoms with Gasteiger partial charge in [-0.25, -0.2) is 4.79 Å². The van der Waals surface area contributed by atoms with Crippen LogP contribution in [0.5, 0.6) is 0 Å². The van der Waals surface area contributed by atoms with Crippen molar-refractivity contribution < 1.29 is 28.1 Å². The second-order valence-electron chi connectivity index (χ2n) is 9.68. The van der Waals surface area contributed by atoms with Crippen LogP contribution in [0.2, 0.25) is 15.9 Å². The molecule has 0 aliphatic carbocycles. The van der Waals surface area contributed by atoms with E-state index in [9.17, 15) is 14.4 Å². The summed E-state index contributed by atoms with van der Waals surface area (Å²) < 4.78 is 12.5. The van der Waals surface area contributed by atoms with E-state index in [0.717, 1.165) is 0 Å². The van der Waals surface area contributed by atoms with Gasteiger partial charge in [0, 0.05) is 12.1 Å². The van der Waals surface area contributed by atoms with Crippen LogP contribution in [0.3, 0.4) is 0 Å². The first-order valence-corrected chi connectivity index (χ1v) is 11.8. The van der Waals surface area contributed by atoms with Crippen molar-refractivity contribution in [2.45, 2.75) is 58.4 Å². The van der Waals surface area contributed by atoms with Crippen molar-refractivity contribution in [1.82, 2.24) is 5.32 Å². The average Bonchev–Trinajstić information content (AvgIpc) is 3.09. The van der Waals surface area contributed by atoms with Crippen molar-refractivity contribution in [3.05, 3.63) is 33.8 Å². The summed E-state index contributed by atoms with van der Waals surface area (Å²) in [5.74, 6) is -0.931. The van der Waals surface area contributed by atoms with Crippen LogP contribution in [-0.4, -0.2) is 61.0 Å². The number of ketones is 1. The first-order chi connectivity index (χ1) is 14.9. The summed E-state index contributed by atoms with van der Waals surface area (Å²) in [6.45, 7) is 6.30.